The smallest absolute Gasteiger partial charge is 0.272 e. The van der Waals surface area contributed by atoms with Gasteiger partial charge in [-0.05, 0) is 18.6 Å². The summed E-state index contributed by atoms with van der Waals surface area (Å²) in [4.78, 5) is 10.5. The summed E-state index contributed by atoms with van der Waals surface area (Å²) in [5, 5.41) is 13.8. The fourth-order valence-electron chi connectivity index (χ4n) is 1.90. The Morgan fingerprint density at radius 1 is 1.19 bits per heavy atom. The summed E-state index contributed by atoms with van der Waals surface area (Å²) < 4.78 is 13.3. The number of para-hydroxylation sites is 1. The zero-order chi connectivity index (χ0) is 15.4. The highest BCUT2D eigenvalue weighted by molar-refractivity contribution is 6.35. The number of halogens is 3. The molecule has 0 heterocycles. The van der Waals surface area contributed by atoms with Gasteiger partial charge in [0.2, 0.25) is 0 Å². The van der Waals surface area contributed by atoms with Gasteiger partial charge in [-0.15, -0.1) is 0 Å². The van der Waals surface area contributed by atoms with E-state index in [1.807, 2.05) is 0 Å². The number of nitrogens with zero attached hydrogens (tertiary/aromatic N) is 1. The molecule has 0 spiro atoms. The van der Waals surface area contributed by atoms with Gasteiger partial charge in [-0.3, -0.25) is 10.1 Å². The summed E-state index contributed by atoms with van der Waals surface area (Å²) in [7, 11) is 0. The van der Waals surface area contributed by atoms with Gasteiger partial charge < -0.3 is 5.32 Å². The third kappa shape index (κ3) is 3.83. The molecule has 0 radical (unpaired) electrons. The van der Waals surface area contributed by atoms with E-state index in [1.165, 1.54) is 18.2 Å². The molecule has 0 amide bonds. The number of nitro groups is 1. The fourth-order valence-corrected chi connectivity index (χ4v) is 2.39. The molecule has 0 saturated carbocycles. The van der Waals surface area contributed by atoms with Gasteiger partial charge in [0.25, 0.3) is 5.69 Å². The van der Waals surface area contributed by atoms with Gasteiger partial charge in [-0.25, -0.2) is 4.39 Å². The van der Waals surface area contributed by atoms with Gasteiger partial charge in [0.05, 0.1) is 15.0 Å². The highest BCUT2D eigenvalue weighted by Crippen LogP contribution is 2.27. The van der Waals surface area contributed by atoms with Crippen molar-refractivity contribution in [1.29, 1.82) is 0 Å². The molecule has 2 aromatic rings. The standard InChI is InChI=1S/C14H11Cl2FN2O2/c15-11-7-10(8-12(16)14(11)17)18-6-5-9-3-1-2-4-13(9)19(20)21/h1-4,7-8,18H,5-6H2. The summed E-state index contributed by atoms with van der Waals surface area (Å²) in [6.07, 6.45) is 0.448. The summed E-state index contributed by atoms with van der Waals surface area (Å²) in [6, 6.07) is 9.36. The van der Waals surface area contributed by atoms with Gasteiger partial charge in [0.15, 0.2) is 5.82 Å². The molecule has 0 aliphatic heterocycles. The monoisotopic (exact) mass is 328 g/mol. The Labute approximate surface area is 130 Å². The Morgan fingerprint density at radius 2 is 1.81 bits per heavy atom. The molecular formula is C14H11Cl2FN2O2. The van der Waals surface area contributed by atoms with Crippen molar-refractivity contribution < 1.29 is 9.31 Å². The minimum absolute atomic E-state index is 0.0734. The quantitative estimate of drug-likeness (QED) is 0.492. The van der Waals surface area contributed by atoms with E-state index >= 15 is 0 Å². The first-order valence-electron chi connectivity index (χ1n) is 6.09. The van der Waals surface area contributed by atoms with E-state index in [1.54, 1.807) is 18.2 Å². The van der Waals surface area contributed by atoms with Crippen molar-refractivity contribution in [3.63, 3.8) is 0 Å². The molecule has 4 nitrogen and oxygen atoms in total. The average molecular weight is 329 g/mol. The summed E-state index contributed by atoms with van der Waals surface area (Å²) in [5.74, 6) is -0.664. The molecule has 0 aliphatic rings. The van der Waals surface area contributed by atoms with E-state index in [2.05, 4.69) is 5.32 Å². The number of anilines is 1. The first-order chi connectivity index (χ1) is 9.99. The van der Waals surface area contributed by atoms with Gasteiger partial charge in [0, 0.05) is 23.9 Å². The molecule has 0 fully saturated rings. The highest BCUT2D eigenvalue weighted by atomic mass is 35.5. The maximum atomic E-state index is 13.3. The van der Waals surface area contributed by atoms with Crippen LogP contribution in [-0.2, 0) is 6.42 Å². The maximum Gasteiger partial charge on any atom is 0.272 e. The average Bonchev–Trinajstić information content (AvgIpc) is 2.45. The molecule has 7 heteroatoms. The number of nitrogens with one attached hydrogen (secondary N) is 1. The molecule has 0 unspecified atom stereocenters. The van der Waals surface area contributed by atoms with E-state index in [9.17, 15) is 14.5 Å². The fraction of sp³-hybridized carbons (Fsp3) is 0.143. The largest absolute Gasteiger partial charge is 0.385 e. The van der Waals surface area contributed by atoms with Crippen molar-refractivity contribution in [2.24, 2.45) is 0 Å². The predicted molar refractivity (Wildman–Crippen MR) is 81.7 cm³/mol. The minimum atomic E-state index is -0.664. The van der Waals surface area contributed by atoms with Crippen LogP contribution in [0.3, 0.4) is 0 Å². The Kier molecular flexibility index (Phi) is 4.98. The van der Waals surface area contributed by atoms with Crippen molar-refractivity contribution in [2.75, 3.05) is 11.9 Å². The zero-order valence-corrected chi connectivity index (χ0v) is 12.3. The van der Waals surface area contributed by atoms with Crippen LogP contribution in [0.5, 0.6) is 0 Å². The van der Waals surface area contributed by atoms with Crippen molar-refractivity contribution >= 4 is 34.6 Å². The first-order valence-corrected chi connectivity index (χ1v) is 6.85. The van der Waals surface area contributed by atoms with E-state index in [-0.39, 0.29) is 15.7 Å². The number of hydrogen-bond donors (Lipinski definition) is 1. The van der Waals surface area contributed by atoms with Crippen molar-refractivity contribution in [1.82, 2.24) is 0 Å². The molecule has 1 N–H and O–H groups in total. The summed E-state index contributed by atoms with van der Waals surface area (Å²) in [6.45, 7) is 0.434. The van der Waals surface area contributed by atoms with E-state index in [0.29, 0.717) is 24.2 Å². The highest BCUT2D eigenvalue weighted by Gasteiger charge is 2.12. The first kappa shape index (κ1) is 15.5. The number of nitro benzene ring substituents is 1. The third-order valence-electron chi connectivity index (χ3n) is 2.90. The molecule has 21 heavy (non-hydrogen) atoms. The zero-order valence-electron chi connectivity index (χ0n) is 10.8. The number of rotatable bonds is 5. The number of benzene rings is 2. The van der Waals surface area contributed by atoms with Gasteiger partial charge >= 0.3 is 0 Å². The lowest BCUT2D eigenvalue weighted by molar-refractivity contribution is -0.385. The van der Waals surface area contributed by atoms with Crippen LogP contribution in [-0.4, -0.2) is 11.5 Å². The molecular weight excluding hydrogens is 318 g/mol. The minimum Gasteiger partial charge on any atom is -0.385 e. The second kappa shape index (κ2) is 6.74. The third-order valence-corrected chi connectivity index (χ3v) is 3.45. The Bertz CT molecular complexity index is 657. The lowest BCUT2D eigenvalue weighted by atomic mass is 10.1. The van der Waals surface area contributed by atoms with Crippen LogP contribution >= 0.6 is 23.2 Å². The summed E-state index contributed by atoms with van der Waals surface area (Å²) in [5.41, 5.74) is 1.26. The molecule has 0 atom stereocenters. The second-order valence-corrected chi connectivity index (χ2v) is 5.13. The van der Waals surface area contributed by atoms with Gasteiger partial charge in [-0.2, -0.15) is 0 Å². The number of hydrogen-bond acceptors (Lipinski definition) is 3. The molecule has 110 valence electrons. The van der Waals surface area contributed by atoms with Crippen LogP contribution in [0.25, 0.3) is 0 Å². The van der Waals surface area contributed by atoms with Crippen molar-refractivity contribution in [3.05, 3.63) is 67.9 Å². The molecule has 2 aromatic carbocycles. The molecule has 2 rings (SSSR count). The van der Waals surface area contributed by atoms with Crippen LogP contribution in [0.2, 0.25) is 10.0 Å². The normalized spacial score (nSPS) is 10.4. The van der Waals surface area contributed by atoms with Crippen LogP contribution in [0.15, 0.2) is 36.4 Å². The Morgan fingerprint density at radius 3 is 2.43 bits per heavy atom. The Balaban J connectivity index is 2.04. The summed E-state index contributed by atoms with van der Waals surface area (Å²) >= 11 is 11.4. The van der Waals surface area contributed by atoms with E-state index in [0.717, 1.165) is 0 Å². The topological polar surface area (TPSA) is 55.2 Å². The SMILES string of the molecule is O=[N+]([O-])c1ccccc1CCNc1cc(Cl)c(F)c(Cl)c1. The Hall–Kier alpha value is -1.85. The molecule has 0 bridgehead atoms. The predicted octanol–water partition coefficient (Wildman–Crippen LogP) is 4.70. The van der Waals surface area contributed by atoms with Gasteiger partial charge in [0.1, 0.15) is 0 Å². The van der Waals surface area contributed by atoms with E-state index in [4.69, 9.17) is 23.2 Å². The maximum absolute atomic E-state index is 13.3. The lowest BCUT2D eigenvalue weighted by Crippen LogP contribution is -2.06. The second-order valence-electron chi connectivity index (χ2n) is 4.32. The van der Waals surface area contributed by atoms with Crippen molar-refractivity contribution in [3.8, 4) is 0 Å². The van der Waals surface area contributed by atoms with Gasteiger partial charge in [-0.1, -0.05) is 41.4 Å². The molecule has 0 aromatic heterocycles. The van der Waals surface area contributed by atoms with Crippen LogP contribution < -0.4 is 5.32 Å². The van der Waals surface area contributed by atoms with Crippen LogP contribution in [0.1, 0.15) is 5.56 Å². The van der Waals surface area contributed by atoms with Crippen LogP contribution in [0, 0.1) is 15.9 Å². The van der Waals surface area contributed by atoms with Crippen molar-refractivity contribution in [2.45, 2.75) is 6.42 Å². The van der Waals surface area contributed by atoms with Crippen LogP contribution in [0.4, 0.5) is 15.8 Å². The molecule has 0 saturated heterocycles. The molecule has 0 aliphatic carbocycles. The lowest BCUT2D eigenvalue weighted by Gasteiger charge is -2.08. The van der Waals surface area contributed by atoms with E-state index < -0.39 is 10.7 Å².